The largest absolute Gasteiger partial charge is 0.288 e. The van der Waals surface area contributed by atoms with Crippen molar-refractivity contribution in [2.75, 3.05) is 0 Å². The molecule has 0 spiro atoms. The van der Waals surface area contributed by atoms with Crippen molar-refractivity contribution in [3.63, 3.8) is 0 Å². The van der Waals surface area contributed by atoms with Gasteiger partial charge in [0.2, 0.25) is 11.6 Å². The van der Waals surface area contributed by atoms with Crippen molar-refractivity contribution in [1.82, 2.24) is 35.7 Å². The minimum absolute atomic E-state index is 0.0973. The van der Waals surface area contributed by atoms with Gasteiger partial charge in [-0.05, 0) is 17.3 Å². The Morgan fingerprint density at radius 3 is 2.62 bits per heavy atom. The number of benzene rings is 1. The number of aromatic nitrogens is 6. The predicted octanol–water partition coefficient (Wildman–Crippen LogP) is 0.576. The van der Waals surface area contributed by atoms with Crippen molar-refractivity contribution in [2.24, 2.45) is 0 Å². The standard InChI is InChI=1S/C13H9F2N7O2/c14-9-7(2-3-8(10(9)15)13(23)20-24)6-22-19-12(18-21-22)11-16-4-1-5-17-11/h1-5,24H,6H2,(H,20,23). The normalized spacial score (nSPS) is 10.6. The first-order valence-electron chi connectivity index (χ1n) is 6.56. The molecule has 0 atom stereocenters. The van der Waals surface area contributed by atoms with E-state index in [2.05, 4.69) is 25.4 Å². The number of hydrogen-bond acceptors (Lipinski definition) is 7. The number of carbonyl (C=O) groups excluding carboxylic acids is 1. The highest BCUT2D eigenvalue weighted by Crippen LogP contribution is 2.17. The molecule has 3 aromatic rings. The minimum atomic E-state index is -1.38. The first-order valence-corrected chi connectivity index (χ1v) is 6.56. The summed E-state index contributed by atoms with van der Waals surface area (Å²) in [7, 11) is 0. The maximum Gasteiger partial charge on any atom is 0.277 e. The average molecular weight is 333 g/mol. The smallest absolute Gasteiger partial charge is 0.277 e. The Labute approximate surface area is 132 Å². The lowest BCUT2D eigenvalue weighted by molar-refractivity contribution is 0.0700. The van der Waals surface area contributed by atoms with Gasteiger partial charge in [0.1, 0.15) is 0 Å². The molecule has 0 aliphatic heterocycles. The van der Waals surface area contributed by atoms with Gasteiger partial charge in [-0.15, -0.1) is 10.2 Å². The monoisotopic (exact) mass is 333 g/mol. The quantitative estimate of drug-likeness (QED) is 0.529. The SMILES string of the molecule is O=C(NO)c1ccc(Cn2nnc(-c3ncccn3)n2)c(F)c1F. The van der Waals surface area contributed by atoms with Gasteiger partial charge < -0.3 is 0 Å². The third-order valence-corrected chi connectivity index (χ3v) is 3.04. The molecule has 3 rings (SSSR count). The summed E-state index contributed by atoms with van der Waals surface area (Å²) in [6.45, 7) is -0.219. The highest BCUT2D eigenvalue weighted by Gasteiger charge is 2.19. The molecule has 11 heteroatoms. The molecule has 1 amide bonds. The van der Waals surface area contributed by atoms with Crippen LogP contribution < -0.4 is 5.48 Å². The van der Waals surface area contributed by atoms with Crippen LogP contribution in [0.3, 0.4) is 0 Å². The molecule has 2 aromatic heterocycles. The molecule has 0 saturated heterocycles. The lowest BCUT2D eigenvalue weighted by Gasteiger charge is -2.06. The van der Waals surface area contributed by atoms with E-state index >= 15 is 0 Å². The van der Waals surface area contributed by atoms with Crippen molar-refractivity contribution >= 4 is 5.91 Å². The Morgan fingerprint density at radius 2 is 1.92 bits per heavy atom. The first kappa shape index (κ1) is 15.6. The van der Waals surface area contributed by atoms with E-state index in [0.29, 0.717) is 0 Å². The molecule has 9 nitrogen and oxygen atoms in total. The number of nitrogens with zero attached hydrogens (tertiary/aromatic N) is 6. The number of tetrazole rings is 1. The zero-order valence-corrected chi connectivity index (χ0v) is 11.9. The molecule has 0 fully saturated rings. The van der Waals surface area contributed by atoms with Gasteiger partial charge in [0.25, 0.3) is 5.91 Å². The van der Waals surface area contributed by atoms with Crippen molar-refractivity contribution in [3.05, 3.63) is 53.4 Å². The van der Waals surface area contributed by atoms with Gasteiger partial charge in [-0.2, -0.15) is 4.80 Å². The highest BCUT2D eigenvalue weighted by molar-refractivity contribution is 5.93. The van der Waals surface area contributed by atoms with Crippen LogP contribution in [0.15, 0.2) is 30.6 Å². The summed E-state index contributed by atoms with van der Waals surface area (Å²) in [6.07, 6.45) is 3.01. The zero-order chi connectivity index (χ0) is 17.1. The zero-order valence-electron chi connectivity index (χ0n) is 11.9. The fourth-order valence-corrected chi connectivity index (χ4v) is 1.91. The number of hydrogen-bond donors (Lipinski definition) is 2. The summed E-state index contributed by atoms with van der Waals surface area (Å²) in [5.41, 5.74) is 0.522. The predicted molar refractivity (Wildman–Crippen MR) is 73.6 cm³/mol. The van der Waals surface area contributed by atoms with Crippen LogP contribution in [-0.2, 0) is 6.54 Å². The van der Waals surface area contributed by atoms with Crippen molar-refractivity contribution < 1.29 is 18.8 Å². The van der Waals surface area contributed by atoms with E-state index in [1.165, 1.54) is 23.9 Å². The van der Waals surface area contributed by atoms with Gasteiger partial charge in [0.15, 0.2) is 11.6 Å². The number of hydroxylamine groups is 1. The molecule has 2 heterocycles. The molecular formula is C13H9F2N7O2. The van der Waals surface area contributed by atoms with E-state index in [1.807, 2.05) is 0 Å². The van der Waals surface area contributed by atoms with Crippen LogP contribution in [0.5, 0.6) is 0 Å². The van der Waals surface area contributed by atoms with Gasteiger partial charge >= 0.3 is 0 Å². The van der Waals surface area contributed by atoms with E-state index < -0.39 is 23.1 Å². The summed E-state index contributed by atoms with van der Waals surface area (Å²) in [4.78, 5) is 20.1. The second-order valence-corrected chi connectivity index (χ2v) is 4.56. The Hall–Kier alpha value is -3.34. The fraction of sp³-hybridized carbons (Fsp3) is 0.0769. The summed E-state index contributed by atoms with van der Waals surface area (Å²) < 4.78 is 27.9. The van der Waals surface area contributed by atoms with Crippen molar-refractivity contribution in [1.29, 1.82) is 0 Å². The number of amides is 1. The van der Waals surface area contributed by atoms with Gasteiger partial charge in [-0.1, -0.05) is 6.07 Å². The molecule has 0 aliphatic rings. The van der Waals surface area contributed by atoms with Crippen LogP contribution in [0.2, 0.25) is 0 Å². The highest BCUT2D eigenvalue weighted by atomic mass is 19.2. The second-order valence-electron chi connectivity index (χ2n) is 4.56. The summed E-state index contributed by atoms with van der Waals surface area (Å²) in [6, 6.07) is 3.85. The third-order valence-electron chi connectivity index (χ3n) is 3.04. The number of halogens is 2. The molecule has 2 N–H and O–H groups in total. The Bertz CT molecular complexity index is 885. The molecule has 0 unspecified atom stereocenters. The Kier molecular flexibility index (Phi) is 4.16. The summed E-state index contributed by atoms with van der Waals surface area (Å²) in [5, 5.41) is 19.9. The molecule has 0 radical (unpaired) electrons. The average Bonchev–Trinajstić information content (AvgIpc) is 3.08. The molecule has 0 saturated carbocycles. The van der Waals surface area contributed by atoms with Crippen LogP contribution >= 0.6 is 0 Å². The molecule has 122 valence electrons. The minimum Gasteiger partial charge on any atom is -0.288 e. The maximum absolute atomic E-state index is 14.0. The van der Waals surface area contributed by atoms with Crippen LogP contribution in [0.25, 0.3) is 11.6 Å². The second kappa shape index (κ2) is 6.42. The number of nitrogens with one attached hydrogen (secondary N) is 1. The van der Waals surface area contributed by atoms with E-state index in [4.69, 9.17) is 5.21 Å². The van der Waals surface area contributed by atoms with Crippen LogP contribution in [-0.4, -0.2) is 41.3 Å². The van der Waals surface area contributed by atoms with Gasteiger partial charge in [-0.25, -0.2) is 24.2 Å². The fourth-order valence-electron chi connectivity index (χ4n) is 1.91. The van der Waals surface area contributed by atoms with Crippen LogP contribution in [0.1, 0.15) is 15.9 Å². The molecule has 1 aromatic carbocycles. The van der Waals surface area contributed by atoms with Crippen molar-refractivity contribution in [2.45, 2.75) is 6.54 Å². The Balaban J connectivity index is 1.86. The first-order chi connectivity index (χ1) is 11.6. The summed E-state index contributed by atoms with van der Waals surface area (Å²) in [5.74, 6) is -3.41. The third kappa shape index (κ3) is 2.92. The lowest BCUT2D eigenvalue weighted by Crippen LogP contribution is -2.21. The van der Waals surface area contributed by atoms with Gasteiger partial charge in [0.05, 0.1) is 12.1 Å². The molecule has 0 bridgehead atoms. The molecular weight excluding hydrogens is 324 g/mol. The number of carbonyl (C=O) groups is 1. The summed E-state index contributed by atoms with van der Waals surface area (Å²) >= 11 is 0. The van der Waals surface area contributed by atoms with Crippen LogP contribution in [0.4, 0.5) is 8.78 Å². The van der Waals surface area contributed by atoms with E-state index in [1.54, 1.807) is 6.07 Å². The lowest BCUT2D eigenvalue weighted by atomic mass is 10.1. The molecule has 0 aliphatic carbocycles. The van der Waals surface area contributed by atoms with Gasteiger partial charge in [-0.3, -0.25) is 10.0 Å². The van der Waals surface area contributed by atoms with Gasteiger partial charge in [0, 0.05) is 18.0 Å². The van der Waals surface area contributed by atoms with E-state index in [0.717, 1.165) is 10.9 Å². The van der Waals surface area contributed by atoms with E-state index in [-0.39, 0.29) is 23.8 Å². The van der Waals surface area contributed by atoms with E-state index in [9.17, 15) is 13.6 Å². The van der Waals surface area contributed by atoms with Crippen molar-refractivity contribution in [3.8, 4) is 11.6 Å². The topological polar surface area (TPSA) is 119 Å². The number of rotatable bonds is 4. The maximum atomic E-state index is 14.0. The van der Waals surface area contributed by atoms with Crippen LogP contribution in [0, 0.1) is 11.6 Å². The molecule has 24 heavy (non-hydrogen) atoms. The Morgan fingerprint density at radius 1 is 1.17 bits per heavy atom.